The lowest BCUT2D eigenvalue weighted by atomic mass is 10.0. The zero-order chi connectivity index (χ0) is 22.9. The van der Waals surface area contributed by atoms with Crippen LogP contribution in [0.4, 0.5) is 24.7 Å². The van der Waals surface area contributed by atoms with E-state index in [0.717, 1.165) is 42.5 Å². The van der Waals surface area contributed by atoms with Crippen molar-refractivity contribution in [2.24, 2.45) is 0 Å². The van der Waals surface area contributed by atoms with Crippen LogP contribution < -0.4 is 10.0 Å². The first-order valence-corrected chi connectivity index (χ1v) is 12.3. The third-order valence-electron chi connectivity index (χ3n) is 5.37. The summed E-state index contributed by atoms with van der Waals surface area (Å²) in [6.45, 7) is 3.82. The molecule has 1 aliphatic heterocycles. The second-order valence-electron chi connectivity index (χ2n) is 7.51. The van der Waals surface area contributed by atoms with Gasteiger partial charge in [-0.2, -0.15) is 0 Å². The molecule has 1 aliphatic rings. The number of hydrogen-bond acceptors (Lipinski definition) is 6. The van der Waals surface area contributed by atoms with Gasteiger partial charge in [-0.3, -0.25) is 9.62 Å². The van der Waals surface area contributed by atoms with Crippen molar-refractivity contribution in [2.75, 3.05) is 23.1 Å². The van der Waals surface area contributed by atoms with E-state index in [1.807, 2.05) is 6.07 Å². The van der Waals surface area contributed by atoms with Gasteiger partial charge in [0.15, 0.2) is 16.5 Å². The largest absolute Gasteiger partial charge is 0.380 e. The van der Waals surface area contributed by atoms with E-state index in [4.69, 9.17) is 0 Å². The number of likely N-dealkylation sites (tertiary alicyclic amines) is 1. The van der Waals surface area contributed by atoms with Crippen molar-refractivity contribution in [1.29, 1.82) is 0 Å². The fourth-order valence-corrected chi connectivity index (χ4v) is 5.24. The highest BCUT2D eigenvalue weighted by Crippen LogP contribution is 2.30. The molecule has 32 heavy (non-hydrogen) atoms. The molecule has 0 aliphatic carbocycles. The number of rotatable bonds is 8. The van der Waals surface area contributed by atoms with Crippen LogP contribution in [0.5, 0.6) is 0 Å². The van der Waals surface area contributed by atoms with E-state index in [2.05, 4.69) is 19.9 Å². The summed E-state index contributed by atoms with van der Waals surface area (Å²) in [5.41, 5.74) is 2.54. The summed E-state index contributed by atoms with van der Waals surface area (Å²) >= 11 is 1.14. The number of aromatic nitrogens is 1. The molecular weight excluding hydrogens is 461 g/mol. The Labute approximate surface area is 188 Å². The Bertz CT molecular complexity index is 1230. The van der Waals surface area contributed by atoms with Gasteiger partial charge in [0.1, 0.15) is 11.6 Å². The molecule has 1 fully saturated rings. The molecule has 0 atom stereocenters. The third-order valence-corrected chi connectivity index (χ3v) is 7.35. The van der Waals surface area contributed by atoms with Crippen molar-refractivity contribution in [3.8, 4) is 0 Å². The molecule has 1 saturated heterocycles. The number of benzene rings is 2. The Kier molecular flexibility index (Phi) is 6.40. The molecule has 0 saturated carbocycles. The number of halogens is 3. The lowest BCUT2D eigenvalue weighted by Gasteiger charge is -2.31. The van der Waals surface area contributed by atoms with Crippen LogP contribution in [-0.4, -0.2) is 31.4 Å². The van der Waals surface area contributed by atoms with Gasteiger partial charge in [-0.1, -0.05) is 12.1 Å². The van der Waals surface area contributed by atoms with Crippen molar-refractivity contribution >= 4 is 32.9 Å². The molecule has 0 radical (unpaired) electrons. The maximum Gasteiger partial charge on any atom is 0.268 e. The number of anilines is 2. The minimum atomic E-state index is -4.52. The average Bonchev–Trinajstić information content (AvgIpc) is 3.19. The first-order valence-electron chi connectivity index (χ1n) is 9.88. The second-order valence-corrected chi connectivity index (χ2v) is 9.85. The first-order chi connectivity index (χ1) is 15.3. The van der Waals surface area contributed by atoms with Crippen molar-refractivity contribution in [2.45, 2.75) is 31.3 Å². The highest BCUT2D eigenvalue weighted by atomic mass is 32.2. The number of hydrogen-bond donors (Lipinski definition) is 2. The summed E-state index contributed by atoms with van der Waals surface area (Å²) in [5.74, 6) is -2.92. The van der Waals surface area contributed by atoms with Crippen LogP contribution in [0.15, 0.2) is 40.1 Å². The van der Waals surface area contributed by atoms with Gasteiger partial charge in [-0.15, -0.1) is 11.3 Å². The van der Waals surface area contributed by atoms with E-state index < -0.39 is 32.4 Å². The van der Waals surface area contributed by atoms with Crippen molar-refractivity contribution in [3.05, 3.63) is 69.3 Å². The highest BCUT2D eigenvalue weighted by Gasteiger charge is 2.28. The fourth-order valence-electron chi connectivity index (χ4n) is 3.49. The molecular formula is C21H21F3N4O2S2. The van der Waals surface area contributed by atoms with E-state index in [1.54, 1.807) is 6.07 Å². The Morgan fingerprint density at radius 3 is 2.62 bits per heavy atom. The van der Waals surface area contributed by atoms with Gasteiger partial charge >= 0.3 is 0 Å². The van der Waals surface area contributed by atoms with Gasteiger partial charge in [-0.25, -0.2) is 26.6 Å². The van der Waals surface area contributed by atoms with E-state index in [9.17, 15) is 21.6 Å². The van der Waals surface area contributed by atoms with Gasteiger partial charge in [0, 0.05) is 35.3 Å². The highest BCUT2D eigenvalue weighted by molar-refractivity contribution is 7.92. The normalized spacial score (nSPS) is 14.2. The Morgan fingerprint density at radius 1 is 1.19 bits per heavy atom. The monoisotopic (exact) mass is 482 g/mol. The number of sulfonamides is 1. The van der Waals surface area contributed by atoms with Crippen LogP contribution in [0.2, 0.25) is 0 Å². The van der Waals surface area contributed by atoms with Crippen LogP contribution >= 0.6 is 11.3 Å². The van der Waals surface area contributed by atoms with Gasteiger partial charge in [-0.05, 0) is 44.1 Å². The zero-order valence-electron chi connectivity index (χ0n) is 17.2. The van der Waals surface area contributed by atoms with E-state index >= 15 is 0 Å². The summed E-state index contributed by atoms with van der Waals surface area (Å²) < 4.78 is 71.3. The van der Waals surface area contributed by atoms with Crippen LogP contribution in [0.25, 0.3) is 0 Å². The number of nitrogens with zero attached hydrogens (tertiary/aromatic N) is 2. The molecule has 0 unspecified atom stereocenters. The molecule has 4 rings (SSSR count). The molecule has 11 heteroatoms. The van der Waals surface area contributed by atoms with Crippen molar-refractivity contribution in [1.82, 2.24) is 9.88 Å². The lowest BCUT2D eigenvalue weighted by Crippen LogP contribution is -2.36. The van der Waals surface area contributed by atoms with Gasteiger partial charge in [0.25, 0.3) is 10.0 Å². The summed E-state index contributed by atoms with van der Waals surface area (Å²) in [7, 11) is -4.52. The maximum absolute atomic E-state index is 15.0. The predicted octanol–water partition coefficient (Wildman–Crippen LogP) is 4.49. The Morgan fingerprint density at radius 2 is 1.97 bits per heavy atom. The van der Waals surface area contributed by atoms with Crippen LogP contribution in [0.3, 0.4) is 0 Å². The Balaban J connectivity index is 1.59. The molecule has 2 N–H and O–H groups in total. The molecule has 6 nitrogen and oxygen atoms in total. The van der Waals surface area contributed by atoms with Crippen molar-refractivity contribution < 1.29 is 21.6 Å². The molecule has 0 spiro atoms. The van der Waals surface area contributed by atoms with Gasteiger partial charge in [0.2, 0.25) is 0 Å². The maximum atomic E-state index is 15.0. The Hall–Kier alpha value is -2.63. The summed E-state index contributed by atoms with van der Waals surface area (Å²) in [6.07, 6.45) is 1.10. The van der Waals surface area contributed by atoms with Gasteiger partial charge in [0.05, 0.1) is 5.51 Å². The standard InChI is InChI=1S/C21H21F3N4O2S2/c1-13-18(25-9-15-14(4-2-5-16(15)22)10-28-6-3-7-28)8-17(23)21(20(13)24)32(29,30)27-19-11-31-12-26-19/h2,4-5,8,11-12,25,27H,3,6-7,9-10H2,1H3. The zero-order valence-corrected chi connectivity index (χ0v) is 18.8. The molecule has 3 aromatic rings. The minimum absolute atomic E-state index is 0.00125. The third kappa shape index (κ3) is 4.59. The van der Waals surface area contributed by atoms with Crippen LogP contribution in [0.1, 0.15) is 23.1 Å². The SMILES string of the molecule is Cc1c(NCc2c(F)cccc2CN2CCC2)cc(F)c(S(=O)(=O)Nc2cscn2)c1F. The lowest BCUT2D eigenvalue weighted by molar-refractivity contribution is 0.172. The molecule has 2 heterocycles. The topological polar surface area (TPSA) is 74.3 Å². The summed E-state index contributed by atoms with van der Waals surface area (Å²) in [4.78, 5) is 4.86. The smallest absolute Gasteiger partial charge is 0.268 e. The molecule has 0 amide bonds. The number of nitrogens with one attached hydrogen (secondary N) is 2. The number of thiazole rings is 1. The second kappa shape index (κ2) is 9.08. The molecule has 0 bridgehead atoms. The molecule has 170 valence electrons. The van der Waals surface area contributed by atoms with Gasteiger partial charge < -0.3 is 5.32 Å². The van der Waals surface area contributed by atoms with E-state index in [0.29, 0.717) is 12.1 Å². The minimum Gasteiger partial charge on any atom is -0.380 e. The van der Waals surface area contributed by atoms with E-state index in [-0.39, 0.29) is 23.6 Å². The molecule has 1 aromatic heterocycles. The molecule has 2 aromatic carbocycles. The predicted molar refractivity (Wildman–Crippen MR) is 118 cm³/mol. The van der Waals surface area contributed by atoms with E-state index in [1.165, 1.54) is 23.9 Å². The summed E-state index contributed by atoms with van der Waals surface area (Å²) in [6, 6.07) is 5.70. The van der Waals surface area contributed by atoms with Crippen LogP contribution in [-0.2, 0) is 23.1 Å². The first kappa shape index (κ1) is 22.6. The quantitative estimate of drug-likeness (QED) is 0.495. The van der Waals surface area contributed by atoms with Crippen molar-refractivity contribution in [3.63, 3.8) is 0 Å². The fraction of sp³-hybridized carbons (Fsp3) is 0.286. The summed E-state index contributed by atoms with van der Waals surface area (Å²) in [5, 5.41) is 4.27. The average molecular weight is 483 g/mol. The van der Waals surface area contributed by atoms with Crippen LogP contribution in [0, 0.1) is 24.4 Å².